The molecule has 0 aliphatic heterocycles. The molecule has 2 rings (SSSR count). The standard InChI is InChI=1S/C20H26N2O3S/c1-20(2,3)17-9-11-18(12-10-17)22-19(23)15-21-26(24,25)14-13-16-7-5-4-6-8-16/h4-12,21H,13-15H2,1-3H3,(H,22,23). The fourth-order valence-electron chi connectivity index (χ4n) is 2.40. The zero-order valence-electron chi connectivity index (χ0n) is 15.5. The van der Waals surface area contributed by atoms with E-state index >= 15 is 0 Å². The number of benzene rings is 2. The van der Waals surface area contributed by atoms with Crippen molar-refractivity contribution in [1.82, 2.24) is 4.72 Å². The van der Waals surface area contributed by atoms with Crippen LogP contribution in [0.5, 0.6) is 0 Å². The maximum atomic E-state index is 12.0. The van der Waals surface area contributed by atoms with Crippen molar-refractivity contribution in [3.05, 3.63) is 65.7 Å². The van der Waals surface area contributed by atoms with Gasteiger partial charge in [-0.2, -0.15) is 0 Å². The maximum Gasteiger partial charge on any atom is 0.239 e. The Morgan fingerprint density at radius 2 is 1.58 bits per heavy atom. The minimum Gasteiger partial charge on any atom is -0.325 e. The highest BCUT2D eigenvalue weighted by molar-refractivity contribution is 7.89. The molecule has 0 aromatic heterocycles. The summed E-state index contributed by atoms with van der Waals surface area (Å²) in [6.07, 6.45) is 0.409. The minimum absolute atomic E-state index is 0.0386. The topological polar surface area (TPSA) is 75.3 Å². The van der Waals surface area contributed by atoms with Crippen LogP contribution in [0.25, 0.3) is 0 Å². The highest BCUT2D eigenvalue weighted by atomic mass is 32.2. The lowest BCUT2D eigenvalue weighted by Crippen LogP contribution is -2.34. The fraction of sp³-hybridized carbons (Fsp3) is 0.350. The van der Waals surface area contributed by atoms with Gasteiger partial charge in [-0.15, -0.1) is 0 Å². The molecule has 2 aromatic rings. The fourth-order valence-corrected chi connectivity index (χ4v) is 3.40. The van der Waals surface area contributed by atoms with Crippen LogP contribution in [0.2, 0.25) is 0 Å². The molecule has 2 N–H and O–H groups in total. The Bertz CT molecular complexity index is 824. The Morgan fingerprint density at radius 1 is 0.962 bits per heavy atom. The largest absolute Gasteiger partial charge is 0.325 e. The molecule has 5 nitrogen and oxygen atoms in total. The first-order valence-electron chi connectivity index (χ1n) is 8.57. The molecular weight excluding hydrogens is 348 g/mol. The van der Waals surface area contributed by atoms with Gasteiger partial charge in [-0.25, -0.2) is 13.1 Å². The van der Waals surface area contributed by atoms with E-state index in [0.29, 0.717) is 12.1 Å². The lowest BCUT2D eigenvalue weighted by atomic mass is 9.87. The molecule has 0 atom stereocenters. The summed E-state index contributed by atoms with van der Waals surface area (Å²) in [5.41, 5.74) is 2.79. The van der Waals surface area contributed by atoms with Crippen LogP contribution in [0, 0.1) is 0 Å². The Balaban J connectivity index is 1.82. The van der Waals surface area contributed by atoms with Crippen LogP contribution in [-0.2, 0) is 26.7 Å². The molecule has 0 spiro atoms. The average molecular weight is 375 g/mol. The van der Waals surface area contributed by atoms with Crippen LogP contribution >= 0.6 is 0 Å². The van der Waals surface area contributed by atoms with Crippen molar-refractivity contribution < 1.29 is 13.2 Å². The molecule has 26 heavy (non-hydrogen) atoms. The Labute approximate surface area is 155 Å². The number of amides is 1. The molecule has 0 saturated heterocycles. The first-order chi connectivity index (χ1) is 12.2. The molecule has 0 saturated carbocycles. The summed E-state index contributed by atoms with van der Waals surface area (Å²) in [6.45, 7) is 6.07. The number of nitrogens with one attached hydrogen (secondary N) is 2. The van der Waals surface area contributed by atoms with Gasteiger partial charge in [0, 0.05) is 5.69 Å². The van der Waals surface area contributed by atoms with Gasteiger partial charge in [-0.05, 0) is 35.1 Å². The number of rotatable bonds is 7. The number of anilines is 1. The molecule has 0 heterocycles. The van der Waals surface area contributed by atoms with Gasteiger partial charge in [0.25, 0.3) is 0 Å². The van der Waals surface area contributed by atoms with Crippen LogP contribution in [0.3, 0.4) is 0 Å². The van der Waals surface area contributed by atoms with Crippen molar-refractivity contribution in [2.45, 2.75) is 32.6 Å². The summed E-state index contributed by atoms with van der Waals surface area (Å²) in [6, 6.07) is 16.9. The summed E-state index contributed by atoms with van der Waals surface area (Å²) in [5, 5.41) is 2.70. The first-order valence-corrected chi connectivity index (χ1v) is 10.2. The van der Waals surface area contributed by atoms with Crippen molar-refractivity contribution in [1.29, 1.82) is 0 Å². The summed E-state index contributed by atoms with van der Waals surface area (Å²) in [5.74, 6) is -0.443. The first kappa shape index (κ1) is 20.1. The number of hydrogen-bond donors (Lipinski definition) is 2. The molecule has 0 radical (unpaired) electrons. The van der Waals surface area contributed by atoms with Crippen molar-refractivity contribution in [2.24, 2.45) is 0 Å². The Kier molecular flexibility index (Phi) is 6.56. The molecular formula is C20H26N2O3S. The smallest absolute Gasteiger partial charge is 0.239 e. The van der Waals surface area contributed by atoms with Gasteiger partial charge >= 0.3 is 0 Å². The van der Waals surface area contributed by atoms with Crippen LogP contribution in [0.15, 0.2) is 54.6 Å². The van der Waals surface area contributed by atoms with E-state index in [4.69, 9.17) is 0 Å². The number of sulfonamides is 1. The Morgan fingerprint density at radius 3 is 2.15 bits per heavy atom. The van der Waals surface area contributed by atoms with Crippen molar-refractivity contribution in [2.75, 3.05) is 17.6 Å². The summed E-state index contributed by atoms with van der Waals surface area (Å²) >= 11 is 0. The molecule has 0 aliphatic carbocycles. The van der Waals surface area contributed by atoms with Gasteiger partial charge in [0.15, 0.2) is 0 Å². The van der Waals surface area contributed by atoms with Gasteiger partial charge in [0.05, 0.1) is 12.3 Å². The summed E-state index contributed by atoms with van der Waals surface area (Å²) in [7, 11) is -3.50. The van der Waals surface area contributed by atoms with E-state index in [1.165, 1.54) is 0 Å². The normalized spacial score (nSPS) is 12.0. The predicted octanol–water partition coefficient (Wildman–Crippen LogP) is 3.08. The van der Waals surface area contributed by atoms with Crippen LogP contribution < -0.4 is 10.0 Å². The lowest BCUT2D eigenvalue weighted by molar-refractivity contribution is -0.115. The molecule has 0 aliphatic rings. The highest BCUT2D eigenvalue weighted by Crippen LogP contribution is 2.23. The van der Waals surface area contributed by atoms with E-state index in [0.717, 1.165) is 11.1 Å². The van der Waals surface area contributed by atoms with E-state index in [9.17, 15) is 13.2 Å². The van der Waals surface area contributed by atoms with Gasteiger partial charge in [-0.3, -0.25) is 4.79 Å². The van der Waals surface area contributed by atoms with Crippen molar-refractivity contribution >= 4 is 21.6 Å². The van der Waals surface area contributed by atoms with Gasteiger partial charge < -0.3 is 5.32 Å². The van der Waals surface area contributed by atoms with Gasteiger partial charge in [0.2, 0.25) is 15.9 Å². The molecule has 1 amide bonds. The van der Waals surface area contributed by atoms with E-state index < -0.39 is 15.9 Å². The lowest BCUT2D eigenvalue weighted by Gasteiger charge is -2.19. The summed E-state index contributed by atoms with van der Waals surface area (Å²) in [4.78, 5) is 12.0. The number of carbonyl (C=O) groups excluding carboxylic acids is 1. The number of carbonyl (C=O) groups is 1. The second-order valence-corrected chi connectivity index (χ2v) is 9.18. The van der Waals surface area contributed by atoms with Crippen LogP contribution in [-0.4, -0.2) is 26.6 Å². The third-order valence-corrected chi connectivity index (χ3v) is 5.32. The zero-order chi connectivity index (χ0) is 19.2. The van der Waals surface area contributed by atoms with Crippen molar-refractivity contribution in [3.63, 3.8) is 0 Å². The van der Waals surface area contributed by atoms with E-state index in [-0.39, 0.29) is 17.7 Å². The quantitative estimate of drug-likeness (QED) is 0.782. The number of aryl methyl sites for hydroxylation is 1. The van der Waals surface area contributed by atoms with Crippen LogP contribution in [0.1, 0.15) is 31.9 Å². The highest BCUT2D eigenvalue weighted by Gasteiger charge is 2.14. The SMILES string of the molecule is CC(C)(C)c1ccc(NC(=O)CNS(=O)(=O)CCc2ccccc2)cc1. The van der Waals surface area contributed by atoms with E-state index in [1.807, 2.05) is 54.6 Å². The average Bonchev–Trinajstić information content (AvgIpc) is 2.59. The molecule has 6 heteroatoms. The monoisotopic (exact) mass is 374 g/mol. The van der Waals surface area contributed by atoms with Gasteiger partial charge in [0.1, 0.15) is 0 Å². The number of hydrogen-bond acceptors (Lipinski definition) is 3. The Hall–Kier alpha value is -2.18. The van der Waals surface area contributed by atoms with E-state index in [2.05, 4.69) is 30.8 Å². The predicted molar refractivity (Wildman–Crippen MR) is 106 cm³/mol. The van der Waals surface area contributed by atoms with E-state index in [1.54, 1.807) is 0 Å². The molecule has 0 bridgehead atoms. The second kappa shape index (κ2) is 8.47. The molecule has 0 unspecified atom stereocenters. The van der Waals surface area contributed by atoms with Crippen LogP contribution in [0.4, 0.5) is 5.69 Å². The second-order valence-electron chi connectivity index (χ2n) is 7.25. The summed E-state index contributed by atoms with van der Waals surface area (Å²) < 4.78 is 26.4. The molecule has 0 fully saturated rings. The van der Waals surface area contributed by atoms with Gasteiger partial charge in [-0.1, -0.05) is 63.2 Å². The van der Waals surface area contributed by atoms with Crippen molar-refractivity contribution in [3.8, 4) is 0 Å². The maximum absolute atomic E-state index is 12.0. The zero-order valence-corrected chi connectivity index (χ0v) is 16.3. The third-order valence-electron chi connectivity index (χ3n) is 3.99. The molecule has 140 valence electrons. The third kappa shape index (κ3) is 6.61. The minimum atomic E-state index is -3.50. The molecule has 2 aromatic carbocycles.